The molecule has 0 amide bonds. The predicted octanol–water partition coefficient (Wildman–Crippen LogP) is 1.92. The van der Waals surface area contributed by atoms with Gasteiger partial charge < -0.3 is 4.74 Å². The average molecular weight is 182 g/mol. The van der Waals surface area contributed by atoms with Crippen LogP contribution in [0.4, 0.5) is 0 Å². The van der Waals surface area contributed by atoms with Crippen molar-refractivity contribution in [2.45, 2.75) is 33.7 Å². The molecule has 0 bridgehead atoms. The maximum atomic E-state index is 5.52. The molecule has 0 unspecified atom stereocenters. The van der Waals surface area contributed by atoms with Gasteiger partial charge in [0.2, 0.25) is 5.90 Å². The molecule has 1 rings (SSSR count). The molecular weight excluding hydrogens is 164 g/mol. The van der Waals surface area contributed by atoms with Gasteiger partial charge in [0, 0.05) is 0 Å². The molecule has 0 radical (unpaired) electrons. The fourth-order valence-electron chi connectivity index (χ4n) is 0.940. The van der Waals surface area contributed by atoms with Crippen LogP contribution in [0.1, 0.15) is 27.7 Å². The third-order valence-corrected chi connectivity index (χ3v) is 1.57. The molecule has 0 aliphatic carbocycles. The number of rotatable bonds is 1. The molecule has 0 N–H and O–H groups in total. The summed E-state index contributed by atoms with van der Waals surface area (Å²) in [5, 5.41) is 0. The van der Waals surface area contributed by atoms with Crippen molar-refractivity contribution in [3.05, 3.63) is 0 Å². The zero-order valence-corrected chi connectivity index (χ0v) is 8.87. The third-order valence-electron chi connectivity index (χ3n) is 1.57. The van der Waals surface area contributed by atoms with Gasteiger partial charge in [0.05, 0.1) is 25.4 Å². The lowest BCUT2D eigenvalue weighted by molar-refractivity contribution is 0.189. The molecule has 74 valence electrons. The summed E-state index contributed by atoms with van der Waals surface area (Å²) in [6.45, 7) is 9.91. The van der Waals surface area contributed by atoms with E-state index in [2.05, 4.69) is 30.8 Å². The Labute approximate surface area is 79.9 Å². The Kier molecular flexibility index (Phi) is 3.07. The quantitative estimate of drug-likeness (QED) is 0.610. The monoisotopic (exact) mass is 182 g/mol. The summed E-state index contributed by atoms with van der Waals surface area (Å²) in [5.41, 5.74) is 0.178. The second kappa shape index (κ2) is 3.90. The summed E-state index contributed by atoms with van der Waals surface area (Å²) in [6.07, 6.45) is 1.71. The molecule has 0 spiro atoms. The minimum Gasteiger partial charge on any atom is -0.476 e. The maximum absolute atomic E-state index is 5.52. The Bertz CT molecular complexity index is 226. The summed E-state index contributed by atoms with van der Waals surface area (Å²) < 4.78 is 5.52. The van der Waals surface area contributed by atoms with Crippen LogP contribution in [0.2, 0.25) is 0 Å². The standard InChI is InChI=1S/C10H18N2O/c1-8-5-11-6-9(12-8)13-7-10(2,3)4/h6,8H,5,7H2,1-4H3/t8-/m1/s1. The molecule has 0 aromatic rings. The first kappa shape index (κ1) is 10.2. The van der Waals surface area contributed by atoms with E-state index >= 15 is 0 Å². The van der Waals surface area contributed by atoms with E-state index in [4.69, 9.17) is 4.74 Å². The first-order valence-corrected chi connectivity index (χ1v) is 4.68. The van der Waals surface area contributed by atoms with Gasteiger partial charge >= 0.3 is 0 Å². The van der Waals surface area contributed by atoms with Crippen molar-refractivity contribution in [3.63, 3.8) is 0 Å². The molecule has 1 aliphatic heterocycles. The van der Waals surface area contributed by atoms with E-state index < -0.39 is 0 Å². The van der Waals surface area contributed by atoms with Crippen LogP contribution in [0.3, 0.4) is 0 Å². The fraction of sp³-hybridized carbons (Fsp3) is 0.800. The predicted molar refractivity (Wildman–Crippen MR) is 55.7 cm³/mol. The van der Waals surface area contributed by atoms with Crippen LogP contribution in [-0.2, 0) is 4.74 Å². The van der Waals surface area contributed by atoms with Crippen LogP contribution < -0.4 is 0 Å². The number of ether oxygens (including phenoxy) is 1. The van der Waals surface area contributed by atoms with Gasteiger partial charge in [-0.1, -0.05) is 20.8 Å². The molecule has 3 heteroatoms. The second-order valence-electron chi connectivity index (χ2n) is 4.66. The van der Waals surface area contributed by atoms with Crippen molar-refractivity contribution in [1.29, 1.82) is 0 Å². The van der Waals surface area contributed by atoms with E-state index in [-0.39, 0.29) is 11.5 Å². The Hall–Kier alpha value is -0.860. The average Bonchev–Trinajstić information content (AvgIpc) is 2.00. The van der Waals surface area contributed by atoms with Gasteiger partial charge in [-0.25, -0.2) is 4.99 Å². The van der Waals surface area contributed by atoms with Gasteiger partial charge in [-0.3, -0.25) is 4.99 Å². The van der Waals surface area contributed by atoms with Crippen molar-refractivity contribution >= 4 is 12.1 Å². The third kappa shape index (κ3) is 4.06. The van der Waals surface area contributed by atoms with Crippen molar-refractivity contribution in [1.82, 2.24) is 0 Å². The minimum atomic E-state index is 0.178. The van der Waals surface area contributed by atoms with Gasteiger partial charge in [-0.05, 0) is 12.3 Å². The van der Waals surface area contributed by atoms with E-state index in [1.807, 2.05) is 6.92 Å². The van der Waals surface area contributed by atoms with E-state index in [0.29, 0.717) is 12.5 Å². The van der Waals surface area contributed by atoms with Crippen LogP contribution in [0.25, 0.3) is 0 Å². The number of hydrogen-bond donors (Lipinski definition) is 0. The number of nitrogens with zero attached hydrogens (tertiary/aromatic N) is 2. The second-order valence-corrected chi connectivity index (χ2v) is 4.66. The first-order valence-electron chi connectivity index (χ1n) is 4.68. The Balaban J connectivity index is 2.41. The molecule has 1 aliphatic rings. The minimum absolute atomic E-state index is 0.178. The van der Waals surface area contributed by atoms with E-state index in [1.54, 1.807) is 6.21 Å². The summed E-state index contributed by atoms with van der Waals surface area (Å²) in [7, 11) is 0. The molecule has 0 fully saturated rings. The van der Waals surface area contributed by atoms with Crippen LogP contribution in [-0.4, -0.2) is 31.3 Å². The SMILES string of the molecule is C[C@@H]1CN=CC(OCC(C)(C)C)=N1. The zero-order chi connectivity index (χ0) is 9.90. The highest BCUT2D eigenvalue weighted by Gasteiger charge is 2.13. The van der Waals surface area contributed by atoms with Crippen LogP contribution in [0, 0.1) is 5.41 Å². The highest BCUT2D eigenvalue weighted by Crippen LogP contribution is 2.13. The molecule has 3 nitrogen and oxygen atoms in total. The Morgan fingerprint density at radius 3 is 2.77 bits per heavy atom. The first-order chi connectivity index (χ1) is 5.97. The molecule has 0 saturated heterocycles. The van der Waals surface area contributed by atoms with E-state index in [0.717, 1.165) is 6.54 Å². The topological polar surface area (TPSA) is 34.0 Å². The molecular formula is C10H18N2O. The van der Waals surface area contributed by atoms with Crippen LogP contribution >= 0.6 is 0 Å². The summed E-state index contributed by atoms with van der Waals surface area (Å²) in [4.78, 5) is 8.49. The maximum Gasteiger partial charge on any atom is 0.227 e. The molecule has 1 heterocycles. The van der Waals surface area contributed by atoms with Gasteiger partial charge in [0.1, 0.15) is 0 Å². The van der Waals surface area contributed by atoms with Crippen molar-refractivity contribution in [2.75, 3.05) is 13.2 Å². The molecule has 1 atom stereocenters. The van der Waals surface area contributed by atoms with E-state index in [1.165, 1.54) is 0 Å². The smallest absolute Gasteiger partial charge is 0.227 e. The lowest BCUT2D eigenvalue weighted by Gasteiger charge is -2.20. The van der Waals surface area contributed by atoms with Gasteiger partial charge in [0.15, 0.2) is 0 Å². The molecule has 13 heavy (non-hydrogen) atoms. The summed E-state index contributed by atoms with van der Waals surface area (Å²) in [5.74, 6) is 0.675. The van der Waals surface area contributed by atoms with Crippen LogP contribution in [0.5, 0.6) is 0 Å². The Morgan fingerprint density at radius 1 is 1.54 bits per heavy atom. The lowest BCUT2D eigenvalue weighted by Crippen LogP contribution is -2.23. The van der Waals surface area contributed by atoms with Crippen molar-refractivity contribution in [2.24, 2.45) is 15.4 Å². The zero-order valence-electron chi connectivity index (χ0n) is 8.87. The van der Waals surface area contributed by atoms with Gasteiger partial charge in [0.25, 0.3) is 0 Å². The largest absolute Gasteiger partial charge is 0.476 e. The fourth-order valence-corrected chi connectivity index (χ4v) is 0.940. The van der Waals surface area contributed by atoms with Gasteiger partial charge in [-0.15, -0.1) is 0 Å². The normalized spacial score (nSPS) is 22.8. The highest BCUT2D eigenvalue weighted by atomic mass is 16.5. The van der Waals surface area contributed by atoms with E-state index in [9.17, 15) is 0 Å². The van der Waals surface area contributed by atoms with Crippen molar-refractivity contribution in [3.8, 4) is 0 Å². The number of hydrogen-bond acceptors (Lipinski definition) is 3. The number of aliphatic imine (C=N–C) groups is 2. The Morgan fingerprint density at radius 2 is 2.23 bits per heavy atom. The van der Waals surface area contributed by atoms with Crippen LogP contribution in [0.15, 0.2) is 9.98 Å². The summed E-state index contributed by atoms with van der Waals surface area (Å²) in [6, 6.07) is 0.264. The molecule has 0 aromatic carbocycles. The van der Waals surface area contributed by atoms with Gasteiger partial charge in [-0.2, -0.15) is 0 Å². The lowest BCUT2D eigenvalue weighted by atomic mass is 9.99. The molecule has 0 aromatic heterocycles. The van der Waals surface area contributed by atoms with Crippen molar-refractivity contribution < 1.29 is 4.74 Å². The summed E-state index contributed by atoms with van der Waals surface area (Å²) >= 11 is 0. The molecule has 0 saturated carbocycles. The highest BCUT2D eigenvalue weighted by molar-refractivity contribution is 6.26.